The summed E-state index contributed by atoms with van der Waals surface area (Å²) >= 11 is 0. The van der Waals surface area contributed by atoms with Crippen molar-refractivity contribution in [2.75, 3.05) is 13.7 Å². The molecular formula is C28H36O5. The first-order valence-corrected chi connectivity index (χ1v) is 11.6. The van der Waals surface area contributed by atoms with Gasteiger partial charge in [0.1, 0.15) is 23.7 Å². The molecule has 0 saturated carbocycles. The van der Waals surface area contributed by atoms with Gasteiger partial charge in [0, 0.05) is 5.39 Å². The molecule has 1 N–H and O–H groups in total. The predicted octanol–water partition coefficient (Wildman–Crippen LogP) is 6.42. The number of carbonyl (C=O) groups excluding carboxylic acids is 1. The SMILES string of the molecule is CCC(CC)(c1ccc(OCC(O)C(C)(C)C)c(C)c1)c1cc2cc(C(=O)OC)ccc2o1. The van der Waals surface area contributed by atoms with E-state index in [0.717, 1.165) is 46.4 Å². The van der Waals surface area contributed by atoms with E-state index in [9.17, 15) is 9.90 Å². The van der Waals surface area contributed by atoms with Crippen LogP contribution in [-0.2, 0) is 10.2 Å². The minimum Gasteiger partial charge on any atom is -0.491 e. The molecule has 0 saturated heterocycles. The summed E-state index contributed by atoms with van der Waals surface area (Å²) in [6.45, 7) is 12.6. The molecule has 0 fully saturated rings. The van der Waals surface area contributed by atoms with Crippen LogP contribution in [0.2, 0.25) is 0 Å². The summed E-state index contributed by atoms with van der Waals surface area (Å²) in [7, 11) is 1.38. The Balaban J connectivity index is 1.96. The lowest BCUT2D eigenvalue weighted by Gasteiger charge is -2.31. The Morgan fingerprint density at radius 2 is 1.76 bits per heavy atom. The van der Waals surface area contributed by atoms with Crippen LogP contribution in [0, 0.1) is 12.3 Å². The first-order chi connectivity index (χ1) is 15.6. The summed E-state index contributed by atoms with van der Waals surface area (Å²) in [5.74, 6) is 1.29. The number of hydrogen-bond donors (Lipinski definition) is 1. The Bertz CT molecular complexity index is 1120. The third kappa shape index (κ3) is 4.93. The summed E-state index contributed by atoms with van der Waals surface area (Å²) < 4.78 is 17.1. The van der Waals surface area contributed by atoms with Crippen LogP contribution in [0.4, 0.5) is 0 Å². The lowest BCUT2D eigenvalue weighted by atomic mass is 9.73. The minimum absolute atomic E-state index is 0.234. The molecule has 178 valence electrons. The number of methoxy groups -OCH3 is 1. The fraction of sp³-hybridized carbons (Fsp3) is 0.464. The van der Waals surface area contributed by atoms with E-state index in [2.05, 4.69) is 26.0 Å². The molecule has 0 radical (unpaired) electrons. The number of furan rings is 1. The van der Waals surface area contributed by atoms with Gasteiger partial charge < -0.3 is 19.0 Å². The van der Waals surface area contributed by atoms with Crippen molar-refractivity contribution in [2.45, 2.75) is 65.9 Å². The Morgan fingerprint density at radius 3 is 2.33 bits per heavy atom. The van der Waals surface area contributed by atoms with Crippen LogP contribution in [0.25, 0.3) is 11.0 Å². The lowest BCUT2D eigenvalue weighted by Crippen LogP contribution is -2.32. The highest BCUT2D eigenvalue weighted by Crippen LogP contribution is 2.42. The predicted molar refractivity (Wildman–Crippen MR) is 131 cm³/mol. The van der Waals surface area contributed by atoms with Crippen molar-refractivity contribution in [1.82, 2.24) is 0 Å². The van der Waals surface area contributed by atoms with Crippen LogP contribution in [-0.4, -0.2) is 30.9 Å². The van der Waals surface area contributed by atoms with Crippen LogP contribution >= 0.6 is 0 Å². The number of ether oxygens (including phenoxy) is 2. The molecule has 5 heteroatoms. The number of fused-ring (bicyclic) bond motifs is 1. The highest BCUT2D eigenvalue weighted by Gasteiger charge is 2.35. The van der Waals surface area contributed by atoms with Gasteiger partial charge in [0.25, 0.3) is 0 Å². The number of aryl methyl sites for hydroxylation is 1. The minimum atomic E-state index is -0.549. The lowest BCUT2D eigenvalue weighted by molar-refractivity contribution is 0.0216. The normalized spacial score (nSPS) is 13.2. The van der Waals surface area contributed by atoms with Crippen LogP contribution < -0.4 is 4.74 Å². The molecule has 5 nitrogen and oxygen atoms in total. The maximum Gasteiger partial charge on any atom is 0.337 e. The van der Waals surface area contributed by atoms with Crippen molar-refractivity contribution >= 4 is 16.9 Å². The van der Waals surface area contributed by atoms with E-state index in [0.29, 0.717) is 5.56 Å². The molecule has 1 aromatic heterocycles. The molecule has 3 rings (SSSR count). The average molecular weight is 453 g/mol. The molecule has 0 aliphatic heterocycles. The van der Waals surface area contributed by atoms with Crippen LogP contribution in [0.3, 0.4) is 0 Å². The number of aliphatic hydroxyl groups is 1. The number of hydrogen-bond acceptors (Lipinski definition) is 5. The van der Waals surface area contributed by atoms with E-state index in [1.165, 1.54) is 7.11 Å². The zero-order valence-corrected chi connectivity index (χ0v) is 20.8. The van der Waals surface area contributed by atoms with Gasteiger partial charge in [-0.25, -0.2) is 4.79 Å². The van der Waals surface area contributed by atoms with Gasteiger partial charge in [-0.15, -0.1) is 0 Å². The molecule has 0 amide bonds. The summed E-state index contributed by atoms with van der Waals surface area (Å²) in [4.78, 5) is 11.9. The Hall–Kier alpha value is -2.79. The first kappa shape index (κ1) is 24.8. The highest BCUT2D eigenvalue weighted by atomic mass is 16.5. The van der Waals surface area contributed by atoms with Gasteiger partial charge in [-0.1, -0.05) is 46.8 Å². The molecule has 0 aliphatic rings. The summed E-state index contributed by atoms with van der Waals surface area (Å²) in [5, 5.41) is 11.2. The third-order valence-electron chi connectivity index (χ3n) is 6.74. The standard InChI is InChI=1S/C28H36O5/c1-8-28(9-2,25-16-20-15-19(26(30)31-7)10-12-23(20)33-25)21-11-13-22(18(3)14-21)32-17-24(29)27(4,5)6/h10-16,24,29H,8-9,17H2,1-7H3. The quantitative estimate of drug-likeness (QED) is 0.399. The fourth-order valence-corrected chi connectivity index (χ4v) is 4.20. The molecule has 1 unspecified atom stereocenters. The Labute approximate surface area is 196 Å². The number of aliphatic hydroxyl groups excluding tert-OH is 1. The zero-order chi connectivity index (χ0) is 24.4. The van der Waals surface area contributed by atoms with Gasteiger partial charge >= 0.3 is 5.97 Å². The van der Waals surface area contributed by atoms with Gasteiger partial charge in [0.2, 0.25) is 0 Å². The average Bonchev–Trinajstić information content (AvgIpc) is 3.22. The van der Waals surface area contributed by atoms with E-state index >= 15 is 0 Å². The van der Waals surface area contributed by atoms with Gasteiger partial charge in [-0.3, -0.25) is 0 Å². The smallest absolute Gasteiger partial charge is 0.337 e. The molecule has 1 heterocycles. The van der Waals surface area contributed by atoms with Crippen molar-refractivity contribution in [2.24, 2.45) is 5.41 Å². The summed E-state index contributed by atoms with van der Waals surface area (Å²) in [6, 6.07) is 13.6. The largest absolute Gasteiger partial charge is 0.491 e. The van der Waals surface area contributed by atoms with E-state index in [-0.39, 0.29) is 23.4 Å². The fourth-order valence-electron chi connectivity index (χ4n) is 4.20. The van der Waals surface area contributed by atoms with Crippen LogP contribution in [0.1, 0.15) is 74.7 Å². The molecule has 1 atom stereocenters. The third-order valence-corrected chi connectivity index (χ3v) is 6.74. The Kier molecular flexibility index (Phi) is 7.23. The topological polar surface area (TPSA) is 68.9 Å². The molecular weight excluding hydrogens is 416 g/mol. The molecule has 33 heavy (non-hydrogen) atoms. The van der Waals surface area contributed by atoms with Gasteiger partial charge in [-0.2, -0.15) is 0 Å². The first-order valence-electron chi connectivity index (χ1n) is 11.6. The molecule has 0 bridgehead atoms. The number of rotatable bonds is 8. The molecule has 0 spiro atoms. The molecule has 2 aromatic carbocycles. The maximum absolute atomic E-state index is 11.9. The number of esters is 1. The maximum atomic E-state index is 11.9. The van der Waals surface area contributed by atoms with E-state index < -0.39 is 6.10 Å². The Morgan fingerprint density at radius 1 is 1.06 bits per heavy atom. The van der Waals surface area contributed by atoms with Crippen LogP contribution in [0.15, 0.2) is 46.9 Å². The van der Waals surface area contributed by atoms with Gasteiger partial charge in [-0.05, 0) is 66.6 Å². The van der Waals surface area contributed by atoms with E-state index in [1.54, 1.807) is 6.07 Å². The molecule has 0 aliphatic carbocycles. The number of benzene rings is 2. The van der Waals surface area contributed by atoms with Crippen molar-refractivity contribution < 1.29 is 23.8 Å². The van der Waals surface area contributed by atoms with Crippen molar-refractivity contribution in [3.63, 3.8) is 0 Å². The van der Waals surface area contributed by atoms with Gasteiger partial charge in [0.05, 0.1) is 24.2 Å². The van der Waals surface area contributed by atoms with Crippen LogP contribution in [0.5, 0.6) is 5.75 Å². The van der Waals surface area contributed by atoms with Crippen molar-refractivity contribution in [3.8, 4) is 5.75 Å². The second-order valence-electron chi connectivity index (χ2n) is 9.82. The summed E-state index contributed by atoms with van der Waals surface area (Å²) in [5.41, 5.74) is 2.88. The summed E-state index contributed by atoms with van der Waals surface area (Å²) in [6.07, 6.45) is 1.16. The highest BCUT2D eigenvalue weighted by molar-refractivity contribution is 5.94. The van der Waals surface area contributed by atoms with Crippen molar-refractivity contribution in [1.29, 1.82) is 0 Å². The zero-order valence-electron chi connectivity index (χ0n) is 20.8. The van der Waals surface area contributed by atoms with Gasteiger partial charge in [0.15, 0.2) is 0 Å². The monoisotopic (exact) mass is 452 g/mol. The second kappa shape index (κ2) is 9.60. The van der Waals surface area contributed by atoms with E-state index in [1.807, 2.05) is 52.0 Å². The molecule has 3 aromatic rings. The van der Waals surface area contributed by atoms with Crippen molar-refractivity contribution in [3.05, 3.63) is 64.9 Å². The number of carbonyl (C=O) groups is 1. The van der Waals surface area contributed by atoms with E-state index in [4.69, 9.17) is 13.9 Å². The second-order valence-corrected chi connectivity index (χ2v) is 9.82.